The summed E-state index contributed by atoms with van der Waals surface area (Å²) in [5, 5.41) is 25.1. The van der Waals surface area contributed by atoms with Crippen LogP contribution in [0.3, 0.4) is 0 Å². The van der Waals surface area contributed by atoms with Crippen LogP contribution in [0.15, 0.2) is 66.2 Å². The quantitative estimate of drug-likeness (QED) is 0.0477. The lowest BCUT2D eigenvalue weighted by atomic mass is 9.85. The van der Waals surface area contributed by atoms with E-state index in [0.717, 1.165) is 44.0 Å². The Morgan fingerprint density at radius 3 is 2.25 bits per heavy atom. The van der Waals surface area contributed by atoms with Gasteiger partial charge in [-0.15, -0.1) is 11.3 Å². The Labute approximate surface area is 466 Å². The predicted molar refractivity (Wildman–Crippen MR) is 302 cm³/mol. The summed E-state index contributed by atoms with van der Waals surface area (Å²) in [6, 6.07) is 13.6. The first-order valence-corrected chi connectivity index (χ1v) is 28.2. The van der Waals surface area contributed by atoms with Crippen molar-refractivity contribution in [2.45, 2.75) is 181 Å². The molecule has 0 bridgehead atoms. The number of hydrogen-bond donors (Lipinski definition) is 7. The third-order valence-electron chi connectivity index (χ3n) is 14.5. The molecule has 1 aromatic heterocycles. The predicted octanol–water partition coefficient (Wildman–Crippen LogP) is 6.39. The van der Waals surface area contributed by atoms with E-state index in [1.54, 1.807) is 43.7 Å². The summed E-state index contributed by atoms with van der Waals surface area (Å²) in [4.78, 5) is 117. The number of unbranched alkanes of at least 4 members (excludes halogenated alkanes) is 2. The molecule has 20 heteroatoms. The van der Waals surface area contributed by atoms with E-state index in [9.17, 15) is 43.5 Å². The van der Waals surface area contributed by atoms with Crippen LogP contribution in [-0.2, 0) is 57.6 Å². The lowest BCUT2D eigenvalue weighted by Gasteiger charge is -2.35. The van der Waals surface area contributed by atoms with Gasteiger partial charge in [-0.05, 0) is 131 Å². The summed E-state index contributed by atoms with van der Waals surface area (Å²) < 4.78 is 5.44. The molecule has 0 aliphatic carbocycles. The van der Waals surface area contributed by atoms with Gasteiger partial charge < -0.3 is 47.1 Å². The number of anilines is 2. The molecule has 424 valence electrons. The Morgan fingerprint density at radius 1 is 0.873 bits per heavy atom. The van der Waals surface area contributed by atoms with Gasteiger partial charge in [-0.25, -0.2) is 9.78 Å². The number of nitrogens with zero attached hydrogens (tertiary/aromatic N) is 3. The molecule has 1 fully saturated rings. The molecule has 3 aromatic carbocycles. The molecule has 8 N–H and O–H groups in total. The molecule has 0 unspecified atom stereocenters. The zero-order chi connectivity index (χ0) is 57.5. The average molecular weight is 1100 g/mol. The van der Waals surface area contributed by atoms with Gasteiger partial charge in [-0.1, -0.05) is 75.7 Å². The highest BCUT2D eigenvalue weighted by Gasteiger charge is 2.46. The molecule has 7 atom stereocenters. The average Bonchev–Trinajstić information content (AvgIpc) is 4.23. The van der Waals surface area contributed by atoms with Gasteiger partial charge >= 0.3 is 6.09 Å². The fraction of sp³-hybridized carbons (Fsp3) is 0.508. The molecule has 0 radical (unpaired) electrons. The van der Waals surface area contributed by atoms with Crippen molar-refractivity contribution < 1.29 is 48.2 Å². The lowest BCUT2D eigenvalue weighted by Crippen LogP contribution is -2.57. The van der Waals surface area contributed by atoms with Crippen molar-refractivity contribution >= 4 is 70.2 Å². The standard InChI is InChI=1S/C59H77N9O10S/c1-33-26-36(14-11-10-12-17-48(71)66-51(58(4,5)6)56(76)67-31-42(69)30-45(67)53(73)62-34(2)37-18-20-39(21-19-37)50-35(3)61-32-79-50)28-41(27-33)63-52(72)43(24-25-47(60)70)64-54(74)46-29-40-16-13-15-38-22-23-44(55(75)68(46)49(38)40)65-57(77)78-59(7,8)9/h13,15-16,18-21,26-28,32,34,42-46,51,69H,10-12,14,17,22-25,29-31H2,1-9H3,(H2,60,70)(H,62,73)(H,63,72)(H,64,74)(H,65,77)(H,66,71)/t34-,42+,43-,44-,45-,46-,51+/m0/s1. The van der Waals surface area contributed by atoms with E-state index in [4.69, 9.17) is 10.5 Å². The summed E-state index contributed by atoms with van der Waals surface area (Å²) in [6.45, 7) is 16.4. The lowest BCUT2D eigenvalue weighted by molar-refractivity contribution is -0.144. The second-order valence-electron chi connectivity index (χ2n) is 23.3. The molecular formula is C59H77N9O10S. The molecule has 3 aliphatic heterocycles. The number of nitrogens with two attached hydrogens (primary N) is 1. The van der Waals surface area contributed by atoms with E-state index in [1.165, 1.54) is 9.80 Å². The van der Waals surface area contributed by atoms with Gasteiger partial charge in [0.1, 0.15) is 35.8 Å². The first-order chi connectivity index (χ1) is 37.3. The number of nitrogens with one attached hydrogen (secondary N) is 5. The SMILES string of the molecule is Cc1cc(CCCCCC(=O)N[C@H](C(=O)N2C[C@H](O)C[C@H]2C(=O)N[C@@H](C)c2ccc(-c3scnc3C)cc2)C(C)(C)C)cc(NC(=O)[C@H](CCC(N)=O)NC(=O)[C@@H]2Cc3cccc4c3N2C(=O)[C@@H](NC(=O)OC(C)(C)C)CC4)c1. The molecule has 3 aliphatic rings. The van der Waals surface area contributed by atoms with E-state index < -0.39 is 83.0 Å². The van der Waals surface area contributed by atoms with Crippen LogP contribution in [-0.4, -0.2) is 111 Å². The molecule has 4 heterocycles. The molecule has 1 saturated heterocycles. The third-order valence-corrected chi connectivity index (χ3v) is 15.5. The summed E-state index contributed by atoms with van der Waals surface area (Å²) in [5.41, 5.74) is 13.2. The number of thiazole rings is 1. The van der Waals surface area contributed by atoms with Gasteiger partial charge in [0.15, 0.2) is 0 Å². The number of amides is 8. The number of aromatic nitrogens is 1. The van der Waals surface area contributed by atoms with E-state index >= 15 is 0 Å². The maximum atomic E-state index is 14.3. The molecule has 7 rings (SSSR count). The highest BCUT2D eigenvalue weighted by atomic mass is 32.1. The molecule has 0 spiro atoms. The number of aliphatic hydroxyl groups excluding tert-OH is 1. The number of ether oxygens (including phenoxy) is 1. The Balaban J connectivity index is 0.915. The minimum atomic E-state index is -1.20. The van der Waals surface area contributed by atoms with Gasteiger partial charge in [0.2, 0.25) is 41.4 Å². The second-order valence-corrected chi connectivity index (χ2v) is 24.2. The van der Waals surface area contributed by atoms with E-state index in [2.05, 4.69) is 31.6 Å². The Bertz CT molecular complexity index is 2930. The molecule has 0 saturated carbocycles. The van der Waals surface area contributed by atoms with Crippen LogP contribution in [0.2, 0.25) is 0 Å². The number of aliphatic hydroxyl groups is 1. The summed E-state index contributed by atoms with van der Waals surface area (Å²) in [7, 11) is 0. The number of alkyl carbamates (subject to hydrolysis) is 1. The largest absolute Gasteiger partial charge is 0.444 e. The number of hydrogen-bond acceptors (Lipinski definition) is 12. The van der Waals surface area contributed by atoms with Crippen LogP contribution in [0.25, 0.3) is 10.4 Å². The molecular weight excluding hydrogens is 1030 g/mol. The normalized spacial score (nSPS) is 19.1. The minimum Gasteiger partial charge on any atom is -0.444 e. The van der Waals surface area contributed by atoms with Crippen molar-refractivity contribution in [1.82, 2.24) is 31.2 Å². The molecule has 19 nitrogen and oxygen atoms in total. The van der Waals surface area contributed by atoms with Crippen LogP contribution in [0.5, 0.6) is 0 Å². The Morgan fingerprint density at radius 2 is 1.58 bits per heavy atom. The molecule has 79 heavy (non-hydrogen) atoms. The third kappa shape index (κ3) is 15.3. The van der Waals surface area contributed by atoms with Crippen LogP contribution < -0.4 is 37.2 Å². The van der Waals surface area contributed by atoms with Gasteiger partial charge in [0.25, 0.3) is 0 Å². The number of benzene rings is 3. The van der Waals surface area contributed by atoms with Crippen molar-refractivity contribution in [2.24, 2.45) is 11.1 Å². The van der Waals surface area contributed by atoms with Gasteiger partial charge in [-0.3, -0.25) is 38.5 Å². The zero-order valence-corrected chi connectivity index (χ0v) is 47.6. The van der Waals surface area contributed by atoms with E-state index in [0.29, 0.717) is 43.5 Å². The number of carbonyl (C=O) groups excluding carboxylic acids is 8. The minimum absolute atomic E-state index is 0.0360. The van der Waals surface area contributed by atoms with Crippen molar-refractivity contribution in [3.63, 3.8) is 0 Å². The first-order valence-electron chi connectivity index (χ1n) is 27.3. The number of aryl methyl sites for hydroxylation is 4. The van der Waals surface area contributed by atoms with E-state index in [-0.39, 0.29) is 62.9 Å². The van der Waals surface area contributed by atoms with Gasteiger partial charge in [0.05, 0.1) is 33.9 Å². The zero-order valence-electron chi connectivity index (χ0n) is 46.8. The maximum absolute atomic E-state index is 14.3. The second kappa shape index (κ2) is 25.3. The monoisotopic (exact) mass is 1100 g/mol. The summed E-state index contributed by atoms with van der Waals surface area (Å²) in [5.74, 6) is -3.46. The van der Waals surface area contributed by atoms with Gasteiger partial charge in [0, 0.05) is 37.9 Å². The Hall–Kier alpha value is -7.19. The fourth-order valence-electron chi connectivity index (χ4n) is 10.6. The van der Waals surface area contributed by atoms with Crippen molar-refractivity contribution in [1.29, 1.82) is 0 Å². The van der Waals surface area contributed by atoms with Crippen molar-refractivity contribution in [2.75, 3.05) is 16.8 Å². The van der Waals surface area contributed by atoms with E-state index in [1.807, 2.05) is 96.1 Å². The fourth-order valence-corrected chi connectivity index (χ4v) is 11.4. The summed E-state index contributed by atoms with van der Waals surface area (Å²) in [6.07, 6.45) is 1.71. The number of likely N-dealkylation sites (tertiary alicyclic amines) is 1. The smallest absolute Gasteiger partial charge is 0.408 e. The topological polar surface area (TPSA) is 272 Å². The number of para-hydroxylation sites is 1. The maximum Gasteiger partial charge on any atom is 0.408 e. The first kappa shape index (κ1) is 59.5. The van der Waals surface area contributed by atoms with Crippen LogP contribution >= 0.6 is 11.3 Å². The van der Waals surface area contributed by atoms with Gasteiger partial charge in [-0.2, -0.15) is 0 Å². The summed E-state index contributed by atoms with van der Waals surface area (Å²) >= 11 is 1.56. The number of β-amino-alcohol motifs (C(OH)–C–C–N with tert-alkyl or cyclic N) is 1. The van der Waals surface area contributed by atoms with Crippen LogP contribution in [0.1, 0.15) is 139 Å². The van der Waals surface area contributed by atoms with Crippen molar-refractivity contribution in [3.8, 4) is 10.4 Å². The number of rotatable bonds is 20. The highest BCUT2D eigenvalue weighted by Crippen LogP contribution is 2.39. The van der Waals surface area contributed by atoms with Crippen molar-refractivity contribution in [3.05, 3.63) is 99.7 Å². The molecule has 8 amide bonds. The number of carbonyl (C=O) groups is 8. The van der Waals surface area contributed by atoms with Crippen LogP contribution in [0.4, 0.5) is 16.2 Å². The number of primary amides is 1. The Kier molecular flexibility index (Phi) is 19.0. The molecule has 4 aromatic rings. The van der Waals surface area contributed by atoms with Crippen LogP contribution in [0, 0.1) is 19.3 Å². The highest BCUT2D eigenvalue weighted by molar-refractivity contribution is 7.13.